The van der Waals surface area contributed by atoms with Crippen LogP contribution in [0.5, 0.6) is 5.75 Å². The number of rotatable bonds is 7. The molecule has 12 heteroatoms. The van der Waals surface area contributed by atoms with Crippen LogP contribution in [0.4, 0.5) is 4.39 Å². The van der Waals surface area contributed by atoms with Gasteiger partial charge >= 0.3 is 0 Å². The zero-order chi connectivity index (χ0) is 36.2. The normalized spacial score (nSPS) is 22.5. The summed E-state index contributed by atoms with van der Waals surface area (Å²) in [5.41, 5.74) is 0.697. The lowest BCUT2D eigenvalue weighted by molar-refractivity contribution is -0.124. The van der Waals surface area contributed by atoms with E-state index in [0.29, 0.717) is 37.1 Å². The monoisotopic (exact) mass is 631 g/mol. The Balaban J connectivity index is 1.26. The molecule has 0 radical (unpaired) electrons. The number of likely N-dealkylation sites (tertiary alicyclic amines) is 1. The number of piperidine rings is 2. The van der Waals surface area contributed by atoms with Crippen LogP contribution in [0.15, 0.2) is 40.7 Å². The zero-order valence-corrected chi connectivity index (χ0v) is 25.6. The number of aryl methyl sites for hydroxylation is 2. The van der Waals surface area contributed by atoms with Crippen LogP contribution >= 0.6 is 0 Å². The molecule has 0 atom stereocenters. The molecule has 2 aromatic rings. The molecule has 3 heterocycles. The van der Waals surface area contributed by atoms with E-state index >= 15 is 0 Å². The summed E-state index contributed by atoms with van der Waals surface area (Å²) in [5, 5.41) is 13.9. The zero-order valence-electron chi connectivity index (χ0n) is 29.8. The van der Waals surface area contributed by atoms with Crippen LogP contribution in [0.1, 0.15) is 78.9 Å². The van der Waals surface area contributed by atoms with E-state index in [-0.39, 0.29) is 43.2 Å². The Kier molecular flexibility index (Phi) is 7.04. The van der Waals surface area contributed by atoms with Gasteiger partial charge in [-0.15, -0.1) is 0 Å². The molecule has 2 saturated heterocycles. The van der Waals surface area contributed by atoms with Gasteiger partial charge < -0.3 is 20.1 Å². The second-order valence-corrected chi connectivity index (χ2v) is 13.7. The third-order valence-corrected chi connectivity index (χ3v) is 10.2. The van der Waals surface area contributed by atoms with Gasteiger partial charge in [-0.1, -0.05) is 0 Å². The number of nitrogens with zero attached hydrogens (tertiary/aromatic N) is 3. The van der Waals surface area contributed by atoms with E-state index in [4.69, 9.17) is 11.6 Å². The second kappa shape index (κ2) is 12.1. The molecular weight excluding hydrogens is 587 g/mol. The summed E-state index contributed by atoms with van der Waals surface area (Å²) >= 11 is 0. The third-order valence-electron chi connectivity index (χ3n) is 8.63. The summed E-state index contributed by atoms with van der Waals surface area (Å²) in [7, 11) is -3.90. The first kappa shape index (κ1) is 25.7. The van der Waals surface area contributed by atoms with Gasteiger partial charge in [-0.25, -0.2) is 12.8 Å². The molecule has 0 unspecified atom stereocenters. The third kappa shape index (κ3) is 6.43. The van der Waals surface area contributed by atoms with E-state index in [2.05, 4.69) is 10.3 Å². The number of aliphatic imine (C=N–C) groups is 1. The van der Waals surface area contributed by atoms with Gasteiger partial charge in [0.05, 0.1) is 14.9 Å². The first-order valence-corrected chi connectivity index (χ1v) is 15.8. The highest BCUT2D eigenvalue weighted by atomic mass is 32.2. The molecule has 0 saturated carbocycles. The molecule has 3 aliphatic rings. The lowest BCUT2D eigenvalue weighted by atomic mass is 9.89. The van der Waals surface area contributed by atoms with Crippen molar-refractivity contribution in [3.63, 3.8) is 0 Å². The van der Waals surface area contributed by atoms with Crippen LogP contribution in [0, 0.1) is 19.7 Å². The fraction of sp³-hybridized carbons (Fsp3) is 0.469. The number of carbonyl (C=O) groups excluding carboxylic acids is 2. The predicted octanol–water partition coefficient (Wildman–Crippen LogP) is 3.54. The van der Waals surface area contributed by atoms with Crippen molar-refractivity contribution in [3.05, 3.63) is 69.4 Å². The minimum absolute atomic E-state index is 0.0123. The van der Waals surface area contributed by atoms with E-state index in [1.807, 2.05) is 0 Å². The Morgan fingerprint density at radius 1 is 1.16 bits per heavy atom. The van der Waals surface area contributed by atoms with Crippen molar-refractivity contribution >= 4 is 33.7 Å². The number of hydrogen-bond donors (Lipinski definition) is 2. The molecule has 3 aliphatic heterocycles. The van der Waals surface area contributed by atoms with Crippen molar-refractivity contribution in [2.45, 2.75) is 64.4 Å². The number of amides is 2. The largest absolute Gasteiger partial charge is 0.491 e. The van der Waals surface area contributed by atoms with E-state index in [1.165, 1.54) is 16.4 Å². The first-order valence-electron chi connectivity index (χ1n) is 16.8. The minimum Gasteiger partial charge on any atom is -0.491 e. The molecule has 44 heavy (non-hydrogen) atoms. The van der Waals surface area contributed by atoms with Crippen molar-refractivity contribution in [2.24, 2.45) is 4.99 Å². The molecule has 2 amide bonds. The lowest BCUT2D eigenvalue weighted by Gasteiger charge is -2.36. The summed E-state index contributed by atoms with van der Waals surface area (Å²) < 4.78 is 84.4. The van der Waals surface area contributed by atoms with Crippen molar-refractivity contribution < 1.29 is 39.1 Å². The van der Waals surface area contributed by atoms with Gasteiger partial charge in [-0.05, 0) is 106 Å². The highest BCUT2D eigenvalue weighted by molar-refractivity contribution is 7.92. The summed E-state index contributed by atoms with van der Waals surface area (Å²) in [6.45, 7) is -0.134. The molecule has 236 valence electrons. The maximum Gasteiger partial charge on any atom is 0.253 e. The van der Waals surface area contributed by atoms with E-state index < -0.39 is 52.0 Å². The van der Waals surface area contributed by atoms with Gasteiger partial charge in [0, 0.05) is 46.8 Å². The number of sulfonamides is 1. The molecule has 2 N–H and O–H groups in total. The Morgan fingerprint density at radius 3 is 2.45 bits per heavy atom. The molecule has 0 aromatic heterocycles. The summed E-state index contributed by atoms with van der Waals surface area (Å²) in [6, 6.07) is 6.73. The van der Waals surface area contributed by atoms with Crippen LogP contribution in [0.25, 0.3) is 6.08 Å². The lowest BCUT2D eigenvalue weighted by Crippen LogP contribution is -2.50. The van der Waals surface area contributed by atoms with Gasteiger partial charge in [-0.2, -0.15) is 4.31 Å². The van der Waals surface area contributed by atoms with E-state index in [9.17, 15) is 27.5 Å². The number of ether oxygens (including phenoxy) is 1. The van der Waals surface area contributed by atoms with Crippen LogP contribution in [0.2, 0.25) is 0 Å². The average molecular weight is 632 g/mol. The number of nitrogens with one attached hydrogen (secondary N) is 1. The maximum absolute atomic E-state index is 14.4. The SMILES string of the molecule is [2H]C([2H])([2H])C([2H])([2H])Oc1cc(C2=NC3(CCN(S(=O)(=O)/C=C/c4c(C)cc(C(=O)N5CCC(C)(O)CC5)cc4C)CC3)C(=O)N2)ccc1F. The van der Waals surface area contributed by atoms with Gasteiger partial charge in [0.2, 0.25) is 10.0 Å². The highest BCUT2D eigenvalue weighted by Gasteiger charge is 2.47. The molecule has 5 rings (SSSR count). The molecule has 0 bridgehead atoms. The Morgan fingerprint density at radius 2 is 1.82 bits per heavy atom. The molecular formula is C32H39FN4O6S. The van der Waals surface area contributed by atoms with E-state index in [1.54, 1.807) is 37.8 Å². The molecule has 2 aromatic carbocycles. The molecule has 1 spiro atoms. The van der Waals surface area contributed by atoms with Crippen LogP contribution < -0.4 is 10.1 Å². The predicted molar refractivity (Wildman–Crippen MR) is 165 cm³/mol. The van der Waals surface area contributed by atoms with Crippen molar-refractivity contribution in [3.8, 4) is 5.75 Å². The van der Waals surface area contributed by atoms with Gasteiger partial charge in [0.25, 0.3) is 11.8 Å². The topological polar surface area (TPSA) is 129 Å². The number of halogens is 1. The summed E-state index contributed by atoms with van der Waals surface area (Å²) in [6.07, 6.45) is 2.60. The molecule has 10 nitrogen and oxygen atoms in total. The fourth-order valence-corrected chi connectivity index (χ4v) is 7.03. The number of aliphatic hydroxyl groups is 1. The molecule has 0 aliphatic carbocycles. The number of hydrogen-bond acceptors (Lipinski definition) is 7. The number of carbonyl (C=O) groups is 2. The van der Waals surface area contributed by atoms with Crippen molar-refractivity contribution in [2.75, 3.05) is 32.7 Å². The highest BCUT2D eigenvalue weighted by Crippen LogP contribution is 2.33. The molecule has 2 fully saturated rings. The average Bonchev–Trinajstić information content (AvgIpc) is 3.31. The van der Waals surface area contributed by atoms with E-state index in [0.717, 1.165) is 28.7 Å². The smallest absolute Gasteiger partial charge is 0.253 e. The fourth-order valence-electron chi connectivity index (χ4n) is 5.86. The van der Waals surface area contributed by atoms with Gasteiger partial charge in [-0.3, -0.25) is 14.6 Å². The Hall–Kier alpha value is -3.61. The standard InChI is InChI=1S/C32H39FN4O6S/c1-5-43-27-20-23(6-7-26(27)33)28-34-30(39)32(35-28)11-15-37(16-12-32)44(41,42)17-8-25-21(2)18-24(19-22(25)3)29(38)36-13-9-31(4,40)10-14-36/h6-8,17-20,40H,5,9-16H2,1-4H3,(H,34,35,39)/b17-8+/i1D3,5D2. The van der Waals surface area contributed by atoms with Crippen LogP contribution in [0.3, 0.4) is 0 Å². The second-order valence-electron chi connectivity index (χ2n) is 11.9. The first-order chi connectivity index (χ1) is 22.6. The summed E-state index contributed by atoms with van der Waals surface area (Å²) in [5.74, 6) is -2.26. The quantitative estimate of drug-likeness (QED) is 0.481. The van der Waals surface area contributed by atoms with Crippen molar-refractivity contribution in [1.29, 1.82) is 0 Å². The van der Waals surface area contributed by atoms with Gasteiger partial charge in [0.1, 0.15) is 11.4 Å². The number of benzene rings is 2. The Bertz CT molecular complexity index is 1810. The maximum atomic E-state index is 14.4. The minimum atomic E-state index is -3.90. The van der Waals surface area contributed by atoms with Crippen molar-refractivity contribution in [1.82, 2.24) is 14.5 Å². The van der Waals surface area contributed by atoms with Crippen LogP contribution in [-0.4, -0.2) is 84.3 Å². The van der Waals surface area contributed by atoms with Crippen LogP contribution in [-0.2, 0) is 14.8 Å². The van der Waals surface area contributed by atoms with Gasteiger partial charge in [0.15, 0.2) is 11.6 Å². The summed E-state index contributed by atoms with van der Waals surface area (Å²) in [4.78, 5) is 32.5. The number of amidine groups is 1. The Labute approximate surface area is 264 Å².